The predicted molar refractivity (Wildman–Crippen MR) is 67.9 cm³/mol. The maximum atomic E-state index is 11.3. The van der Waals surface area contributed by atoms with E-state index in [9.17, 15) is 9.90 Å². The maximum Gasteiger partial charge on any atom is 0.308 e. The number of hydrogen-bond donors (Lipinski definition) is 1. The number of nitrogens with zero attached hydrogens (tertiary/aromatic N) is 1. The Bertz CT molecular complexity index is 269. The van der Waals surface area contributed by atoms with Gasteiger partial charge in [0.1, 0.15) is 0 Å². The van der Waals surface area contributed by atoms with Crippen molar-refractivity contribution in [2.45, 2.75) is 52.0 Å². The van der Waals surface area contributed by atoms with Gasteiger partial charge in [0.05, 0.1) is 5.92 Å². The van der Waals surface area contributed by atoms with Gasteiger partial charge in [-0.2, -0.15) is 0 Å². The smallest absolute Gasteiger partial charge is 0.308 e. The monoisotopic (exact) mass is 239 g/mol. The first kappa shape index (κ1) is 12.9. The zero-order valence-corrected chi connectivity index (χ0v) is 11.1. The van der Waals surface area contributed by atoms with E-state index in [2.05, 4.69) is 18.7 Å². The average Bonchev–Trinajstić information content (AvgIpc) is 2.27. The summed E-state index contributed by atoms with van der Waals surface area (Å²) in [6, 6.07) is 0.298. The highest BCUT2D eigenvalue weighted by Crippen LogP contribution is 2.32. The first-order valence-electron chi connectivity index (χ1n) is 7.04. The van der Waals surface area contributed by atoms with Crippen LogP contribution in [0.5, 0.6) is 0 Å². The van der Waals surface area contributed by atoms with Crippen molar-refractivity contribution in [3.8, 4) is 0 Å². The lowest BCUT2D eigenvalue weighted by Crippen LogP contribution is -2.51. The Hall–Kier alpha value is -0.570. The first-order valence-corrected chi connectivity index (χ1v) is 7.04. The summed E-state index contributed by atoms with van der Waals surface area (Å²) >= 11 is 0. The summed E-state index contributed by atoms with van der Waals surface area (Å²) in [5.74, 6) is 0.729. The van der Waals surface area contributed by atoms with Gasteiger partial charge >= 0.3 is 5.97 Å². The topological polar surface area (TPSA) is 40.5 Å². The molecule has 1 saturated carbocycles. The summed E-state index contributed by atoms with van der Waals surface area (Å²) in [7, 11) is 0. The van der Waals surface area contributed by atoms with Gasteiger partial charge in [0, 0.05) is 19.1 Å². The Labute approximate surface area is 104 Å². The van der Waals surface area contributed by atoms with E-state index < -0.39 is 5.97 Å². The normalized spacial score (nSPS) is 40.1. The van der Waals surface area contributed by atoms with Crippen LogP contribution in [0.3, 0.4) is 0 Å². The molecule has 0 aromatic rings. The van der Waals surface area contributed by atoms with E-state index in [0.717, 1.165) is 44.2 Å². The summed E-state index contributed by atoms with van der Waals surface area (Å²) in [6.45, 7) is 6.78. The van der Waals surface area contributed by atoms with Gasteiger partial charge in [-0.05, 0) is 31.1 Å². The third-order valence-electron chi connectivity index (χ3n) is 4.41. The Morgan fingerprint density at radius 2 is 1.71 bits per heavy atom. The maximum absolute atomic E-state index is 11.3. The third-order valence-corrected chi connectivity index (χ3v) is 4.41. The zero-order valence-electron chi connectivity index (χ0n) is 11.1. The van der Waals surface area contributed by atoms with Gasteiger partial charge < -0.3 is 5.11 Å². The summed E-state index contributed by atoms with van der Waals surface area (Å²) < 4.78 is 0. The number of likely N-dealkylation sites (tertiary alicyclic amines) is 1. The molecule has 2 rings (SSSR count). The van der Waals surface area contributed by atoms with E-state index in [1.165, 1.54) is 12.8 Å². The molecule has 0 radical (unpaired) electrons. The molecule has 3 nitrogen and oxygen atoms in total. The van der Waals surface area contributed by atoms with Gasteiger partial charge in [-0.15, -0.1) is 0 Å². The highest BCUT2D eigenvalue weighted by molar-refractivity contribution is 5.71. The van der Waals surface area contributed by atoms with Crippen molar-refractivity contribution in [3.63, 3.8) is 0 Å². The molecule has 1 heterocycles. The zero-order chi connectivity index (χ0) is 12.4. The highest BCUT2D eigenvalue weighted by atomic mass is 16.4. The fourth-order valence-electron chi connectivity index (χ4n) is 3.82. The standard InChI is InChI=1S/C14H25NO2/c1-10-7-11(2)9-15(8-10)13-6-4-3-5-12(13)14(16)17/h10-13H,3-9H2,1-2H3,(H,16,17). The number of rotatable bonds is 2. The summed E-state index contributed by atoms with van der Waals surface area (Å²) in [5, 5.41) is 9.34. The van der Waals surface area contributed by atoms with Crippen molar-refractivity contribution >= 4 is 5.97 Å². The fraction of sp³-hybridized carbons (Fsp3) is 0.929. The van der Waals surface area contributed by atoms with Gasteiger partial charge in [0.15, 0.2) is 0 Å². The number of hydrogen-bond acceptors (Lipinski definition) is 2. The van der Waals surface area contributed by atoms with Crippen LogP contribution in [0, 0.1) is 17.8 Å². The molecule has 0 bridgehead atoms. The van der Waals surface area contributed by atoms with E-state index in [1.54, 1.807) is 0 Å². The summed E-state index contributed by atoms with van der Waals surface area (Å²) in [4.78, 5) is 13.8. The summed E-state index contributed by atoms with van der Waals surface area (Å²) in [5.41, 5.74) is 0. The molecule has 1 saturated heterocycles. The minimum absolute atomic E-state index is 0.124. The minimum Gasteiger partial charge on any atom is -0.481 e. The van der Waals surface area contributed by atoms with Crippen LogP contribution in [0.4, 0.5) is 0 Å². The average molecular weight is 239 g/mol. The van der Waals surface area contributed by atoms with E-state index in [-0.39, 0.29) is 5.92 Å². The van der Waals surface area contributed by atoms with Crippen molar-refractivity contribution in [1.82, 2.24) is 4.90 Å². The van der Waals surface area contributed by atoms with Crippen LogP contribution >= 0.6 is 0 Å². The van der Waals surface area contributed by atoms with Gasteiger partial charge in [-0.3, -0.25) is 9.69 Å². The number of aliphatic carboxylic acids is 1. The number of piperidine rings is 1. The Morgan fingerprint density at radius 3 is 2.29 bits per heavy atom. The van der Waals surface area contributed by atoms with E-state index >= 15 is 0 Å². The Kier molecular flexibility index (Phi) is 4.08. The van der Waals surface area contributed by atoms with Crippen molar-refractivity contribution in [1.29, 1.82) is 0 Å². The number of carboxylic acids is 1. The molecule has 98 valence electrons. The molecule has 0 aromatic heterocycles. The quantitative estimate of drug-likeness (QED) is 0.805. The minimum atomic E-state index is -0.583. The molecule has 0 spiro atoms. The van der Waals surface area contributed by atoms with Crippen LogP contribution < -0.4 is 0 Å². The Balaban J connectivity index is 2.05. The summed E-state index contributed by atoms with van der Waals surface area (Å²) in [6.07, 6.45) is 5.54. The fourth-order valence-corrected chi connectivity index (χ4v) is 3.82. The molecule has 17 heavy (non-hydrogen) atoms. The van der Waals surface area contributed by atoms with E-state index in [4.69, 9.17) is 0 Å². The van der Waals surface area contributed by atoms with Crippen LogP contribution in [-0.4, -0.2) is 35.1 Å². The SMILES string of the molecule is CC1CC(C)CN(C2CCCCC2C(=O)O)C1. The first-order chi connectivity index (χ1) is 8.08. The molecule has 1 N–H and O–H groups in total. The lowest BCUT2D eigenvalue weighted by molar-refractivity contribution is -0.146. The molecule has 2 aliphatic rings. The molecular weight excluding hydrogens is 214 g/mol. The second-order valence-corrected chi connectivity index (χ2v) is 6.20. The molecule has 3 heteroatoms. The number of carbonyl (C=O) groups is 1. The van der Waals surface area contributed by atoms with Gasteiger partial charge in [0.2, 0.25) is 0 Å². The van der Waals surface area contributed by atoms with Crippen LogP contribution in [0.1, 0.15) is 46.0 Å². The lowest BCUT2D eigenvalue weighted by Gasteiger charge is -2.44. The molecule has 0 aromatic carbocycles. The molecular formula is C14H25NO2. The predicted octanol–water partition coefficient (Wildman–Crippen LogP) is 2.61. The van der Waals surface area contributed by atoms with Crippen LogP contribution in [0.15, 0.2) is 0 Å². The largest absolute Gasteiger partial charge is 0.481 e. The second kappa shape index (κ2) is 5.38. The van der Waals surface area contributed by atoms with Crippen molar-refractivity contribution in [3.05, 3.63) is 0 Å². The molecule has 2 fully saturated rings. The van der Waals surface area contributed by atoms with Gasteiger partial charge in [-0.1, -0.05) is 26.7 Å². The van der Waals surface area contributed by atoms with Crippen LogP contribution in [0.2, 0.25) is 0 Å². The molecule has 4 unspecified atom stereocenters. The van der Waals surface area contributed by atoms with Crippen molar-refractivity contribution in [2.24, 2.45) is 17.8 Å². The molecule has 4 atom stereocenters. The highest BCUT2D eigenvalue weighted by Gasteiger charge is 2.37. The molecule has 0 amide bonds. The van der Waals surface area contributed by atoms with Gasteiger partial charge in [-0.25, -0.2) is 0 Å². The Morgan fingerprint density at radius 1 is 1.12 bits per heavy atom. The van der Waals surface area contributed by atoms with Crippen molar-refractivity contribution < 1.29 is 9.90 Å². The van der Waals surface area contributed by atoms with Crippen molar-refractivity contribution in [2.75, 3.05) is 13.1 Å². The third kappa shape index (κ3) is 3.01. The van der Waals surface area contributed by atoms with Crippen LogP contribution in [-0.2, 0) is 4.79 Å². The van der Waals surface area contributed by atoms with Gasteiger partial charge in [0.25, 0.3) is 0 Å². The van der Waals surface area contributed by atoms with E-state index in [0.29, 0.717) is 6.04 Å². The number of carboxylic acid groups (broad SMARTS) is 1. The molecule has 1 aliphatic carbocycles. The second-order valence-electron chi connectivity index (χ2n) is 6.20. The molecule has 1 aliphatic heterocycles. The van der Waals surface area contributed by atoms with Crippen LogP contribution in [0.25, 0.3) is 0 Å². The lowest BCUT2D eigenvalue weighted by atomic mass is 9.81. The van der Waals surface area contributed by atoms with E-state index in [1.807, 2.05) is 0 Å².